The zero-order valence-corrected chi connectivity index (χ0v) is 19.7. The number of nitrogens with zero attached hydrogens (tertiary/aromatic N) is 4. The molecule has 1 aliphatic carbocycles. The number of thioether (sulfide) groups is 1. The maximum Gasteiger partial charge on any atom is 0.233 e. The second kappa shape index (κ2) is 10.1. The number of rotatable bonds is 6. The van der Waals surface area contributed by atoms with Crippen LogP contribution >= 0.6 is 11.8 Å². The molecule has 4 rings (SSSR count). The van der Waals surface area contributed by atoms with Gasteiger partial charge in [0.2, 0.25) is 5.91 Å². The van der Waals surface area contributed by atoms with E-state index in [0.717, 1.165) is 48.0 Å². The summed E-state index contributed by atoms with van der Waals surface area (Å²) in [6, 6.07) is 9.05. The van der Waals surface area contributed by atoms with Crippen LogP contribution in [0.2, 0.25) is 0 Å². The second-order valence-corrected chi connectivity index (χ2v) is 9.86. The molecule has 0 unspecified atom stereocenters. The molecule has 7 heteroatoms. The van der Waals surface area contributed by atoms with Gasteiger partial charge in [-0.3, -0.25) is 9.36 Å². The summed E-state index contributed by atoms with van der Waals surface area (Å²) in [5.41, 5.74) is 1.04. The van der Waals surface area contributed by atoms with Crippen molar-refractivity contribution in [2.45, 2.75) is 88.5 Å². The summed E-state index contributed by atoms with van der Waals surface area (Å²) in [6.07, 6.45) is 9.45. The van der Waals surface area contributed by atoms with Crippen molar-refractivity contribution in [3.63, 3.8) is 0 Å². The van der Waals surface area contributed by atoms with Gasteiger partial charge in [-0.05, 0) is 70.2 Å². The summed E-state index contributed by atoms with van der Waals surface area (Å²) < 4.78 is 7.60. The lowest BCUT2D eigenvalue weighted by atomic mass is 9.95. The average Bonchev–Trinajstić information content (AvgIpc) is 3.22. The van der Waals surface area contributed by atoms with E-state index in [4.69, 9.17) is 4.74 Å². The molecule has 1 aromatic carbocycles. The minimum atomic E-state index is 0.217. The molecule has 1 aliphatic heterocycles. The maximum absolute atomic E-state index is 13.1. The molecule has 6 nitrogen and oxygen atoms in total. The molecule has 2 aromatic rings. The van der Waals surface area contributed by atoms with E-state index in [9.17, 15) is 4.79 Å². The van der Waals surface area contributed by atoms with Crippen LogP contribution in [-0.4, -0.2) is 50.5 Å². The van der Waals surface area contributed by atoms with Crippen molar-refractivity contribution in [3.8, 4) is 17.1 Å². The highest BCUT2D eigenvalue weighted by Gasteiger charge is 2.30. The summed E-state index contributed by atoms with van der Waals surface area (Å²) >= 11 is 1.54. The fourth-order valence-corrected chi connectivity index (χ4v) is 5.97. The Morgan fingerprint density at radius 3 is 2.32 bits per heavy atom. The van der Waals surface area contributed by atoms with Crippen molar-refractivity contribution in [1.29, 1.82) is 0 Å². The number of amides is 1. The Bertz CT molecular complexity index is 866. The second-order valence-electron chi connectivity index (χ2n) is 8.92. The predicted octanol–water partition coefficient (Wildman–Crippen LogP) is 5.34. The Balaban J connectivity index is 1.56. The first-order valence-corrected chi connectivity index (χ1v) is 12.6. The van der Waals surface area contributed by atoms with Crippen LogP contribution in [0.3, 0.4) is 0 Å². The van der Waals surface area contributed by atoms with Gasteiger partial charge in [-0.2, -0.15) is 0 Å². The van der Waals surface area contributed by atoms with Crippen LogP contribution in [0.25, 0.3) is 11.4 Å². The molecule has 0 bridgehead atoms. The smallest absolute Gasteiger partial charge is 0.233 e. The number of hydrogen-bond donors (Lipinski definition) is 0. The first-order valence-electron chi connectivity index (χ1n) is 11.6. The number of methoxy groups -OCH3 is 1. The van der Waals surface area contributed by atoms with Crippen LogP contribution in [0.5, 0.6) is 5.75 Å². The van der Waals surface area contributed by atoms with Crippen LogP contribution in [0.1, 0.15) is 71.3 Å². The van der Waals surface area contributed by atoms with E-state index in [-0.39, 0.29) is 5.91 Å². The zero-order chi connectivity index (χ0) is 21.8. The number of aromatic nitrogens is 3. The Morgan fingerprint density at radius 1 is 1.00 bits per heavy atom. The third-order valence-electron chi connectivity index (χ3n) is 6.76. The molecular weight excluding hydrogens is 408 g/mol. The summed E-state index contributed by atoms with van der Waals surface area (Å²) in [6.45, 7) is 4.34. The minimum Gasteiger partial charge on any atom is -0.497 e. The van der Waals surface area contributed by atoms with E-state index >= 15 is 0 Å². The number of benzene rings is 1. The normalized spacial score (nSPS) is 22.5. The SMILES string of the molecule is COc1ccc(-c2nnc(SCC(=O)N3[C@H](C)CCC[C@@H]3C)n2C2CCCCC2)cc1. The van der Waals surface area contributed by atoms with Gasteiger partial charge in [-0.1, -0.05) is 31.0 Å². The predicted molar refractivity (Wildman–Crippen MR) is 124 cm³/mol. The van der Waals surface area contributed by atoms with Gasteiger partial charge in [-0.15, -0.1) is 10.2 Å². The van der Waals surface area contributed by atoms with Crippen LogP contribution in [0.15, 0.2) is 29.4 Å². The lowest BCUT2D eigenvalue weighted by Crippen LogP contribution is -2.48. The topological polar surface area (TPSA) is 60.3 Å². The minimum absolute atomic E-state index is 0.217. The first kappa shape index (κ1) is 22.2. The average molecular weight is 443 g/mol. The van der Waals surface area contributed by atoms with Crippen LogP contribution in [0.4, 0.5) is 0 Å². The quantitative estimate of drug-likeness (QED) is 0.565. The van der Waals surface area contributed by atoms with E-state index in [1.54, 1.807) is 18.9 Å². The van der Waals surface area contributed by atoms with Gasteiger partial charge >= 0.3 is 0 Å². The summed E-state index contributed by atoms with van der Waals surface area (Å²) in [4.78, 5) is 15.1. The number of ether oxygens (including phenoxy) is 1. The van der Waals surface area contributed by atoms with Crippen molar-refractivity contribution in [2.24, 2.45) is 0 Å². The zero-order valence-electron chi connectivity index (χ0n) is 18.9. The molecule has 1 saturated carbocycles. The molecule has 1 saturated heterocycles. The van der Waals surface area contributed by atoms with Crippen molar-refractivity contribution < 1.29 is 9.53 Å². The fraction of sp³-hybridized carbons (Fsp3) is 0.625. The summed E-state index contributed by atoms with van der Waals surface area (Å²) in [7, 11) is 1.68. The van der Waals surface area contributed by atoms with Gasteiger partial charge < -0.3 is 9.64 Å². The standard InChI is InChI=1S/C24H34N4O2S/c1-17-8-7-9-18(2)27(17)22(29)16-31-24-26-25-23(19-12-14-21(30-3)15-13-19)28(24)20-10-5-4-6-11-20/h12-15,17-18,20H,4-11,16H2,1-3H3/t17-,18+. The molecule has 0 spiro atoms. The molecule has 31 heavy (non-hydrogen) atoms. The lowest BCUT2D eigenvalue weighted by molar-refractivity contribution is -0.134. The van der Waals surface area contributed by atoms with Gasteiger partial charge in [0.15, 0.2) is 11.0 Å². The number of carbonyl (C=O) groups excluding carboxylic acids is 1. The first-order chi connectivity index (χ1) is 15.1. The van der Waals surface area contributed by atoms with Gasteiger partial charge in [0.1, 0.15) is 5.75 Å². The number of carbonyl (C=O) groups is 1. The Morgan fingerprint density at radius 2 is 1.68 bits per heavy atom. The largest absolute Gasteiger partial charge is 0.497 e. The molecule has 2 atom stereocenters. The van der Waals surface area contributed by atoms with Gasteiger partial charge in [0, 0.05) is 23.7 Å². The Hall–Kier alpha value is -2.02. The highest BCUT2D eigenvalue weighted by atomic mass is 32.2. The van der Waals surface area contributed by atoms with Crippen molar-refractivity contribution in [1.82, 2.24) is 19.7 Å². The van der Waals surface area contributed by atoms with Crippen molar-refractivity contribution in [2.75, 3.05) is 12.9 Å². The highest BCUT2D eigenvalue weighted by Crippen LogP contribution is 2.36. The lowest BCUT2D eigenvalue weighted by Gasteiger charge is -2.39. The molecule has 0 radical (unpaired) electrons. The van der Waals surface area contributed by atoms with E-state index in [0.29, 0.717) is 23.9 Å². The molecule has 1 amide bonds. The number of piperidine rings is 1. The van der Waals surface area contributed by atoms with Gasteiger partial charge in [0.25, 0.3) is 0 Å². The summed E-state index contributed by atoms with van der Waals surface area (Å²) in [5.74, 6) is 2.36. The molecule has 2 aliphatic rings. The monoisotopic (exact) mass is 442 g/mol. The van der Waals surface area contributed by atoms with Crippen LogP contribution < -0.4 is 4.74 Å². The fourth-order valence-electron chi connectivity index (χ4n) is 5.09. The third-order valence-corrected chi connectivity index (χ3v) is 7.69. The summed E-state index contributed by atoms with van der Waals surface area (Å²) in [5, 5.41) is 9.97. The number of hydrogen-bond acceptors (Lipinski definition) is 5. The third kappa shape index (κ3) is 4.92. The van der Waals surface area contributed by atoms with Crippen molar-refractivity contribution in [3.05, 3.63) is 24.3 Å². The molecule has 168 valence electrons. The van der Waals surface area contributed by atoms with E-state index in [1.807, 2.05) is 24.3 Å². The van der Waals surface area contributed by atoms with E-state index in [2.05, 4.69) is 33.5 Å². The molecule has 1 aromatic heterocycles. The molecule has 2 heterocycles. The van der Waals surface area contributed by atoms with Crippen LogP contribution in [0, 0.1) is 0 Å². The Labute approximate surface area is 189 Å². The van der Waals surface area contributed by atoms with Gasteiger partial charge in [0.05, 0.1) is 12.9 Å². The van der Waals surface area contributed by atoms with Crippen molar-refractivity contribution >= 4 is 17.7 Å². The van der Waals surface area contributed by atoms with Crippen LogP contribution in [-0.2, 0) is 4.79 Å². The Kier molecular flexibility index (Phi) is 7.20. The van der Waals surface area contributed by atoms with E-state index in [1.165, 1.54) is 25.7 Å². The van der Waals surface area contributed by atoms with E-state index < -0.39 is 0 Å². The highest BCUT2D eigenvalue weighted by molar-refractivity contribution is 7.99. The molecule has 2 fully saturated rings. The number of likely N-dealkylation sites (tertiary alicyclic amines) is 1. The molecular formula is C24H34N4O2S. The van der Waals surface area contributed by atoms with Gasteiger partial charge in [-0.25, -0.2) is 0 Å². The molecule has 0 N–H and O–H groups in total. The maximum atomic E-state index is 13.1.